The average molecular weight is 197 g/mol. The van der Waals surface area contributed by atoms with Gasteiger partial charge in [-0.25, -0.2) is 0 Å². The van der Waals surface area contributed by atoms with Crippen LogP contribution in [0.25, 0.3) is 0 Å². The molecule has 0 aromatic rings. The first kappa shape index (κ1) is 11.7. The summed E-state index contributed by atoms with van der Waals surface area (Å²) in [6, 6.07) is 0.658. The number of Topliss-reactive ketones (excluding diaryl/α,β-unsaturated/α-hetero) is 1. The lowest BCUT2D eigenvalue weighted by Crippen LogP contribution is -2.40. The van der Waals surface area contributed by atoms with Crippen molar-refractivity contribution < 1.29 is 4.79 Å². The highest BCUT2D eigenvalue weighted by Crippen LogP contribution is 2.15. The van der Waals surface area contributed by atoms with E-state index in [0.29, 0.717) is 11.8 Å². The van der Waals surface area contributed by atoms with Crippen molar-refractivity contribution in [2.75, 3.05) is 13.1 Å². The van der Waals surface area contributed by atoms with Crippen LogP contribution >= 0.6 is 0 Å². The van der Waals surface area contributed by atoms with Crippen LogP contribution in [-0.4, -0.2) is 29.8 Å². The van der Waals surface area contributed by atoms with Crippen LogP contribution in [0.3, 0.4) is 0 Å². The minimum Gasteiger partial charge on any atom is -0.300 e. The van der Waals surface area contributed by atoms with E-state index in [1.54, 1.807) is 0 Å². The molecule has 0 aliphatic carbocycles. The van der Waals surface area contributed by atoms with Crippen LogP contribution in [0.1, 0.15) is 46.5 Å². The van der Waals surface area contributed by atoms with E-state index >= 15 is 0 Å². The largest absolute Gasteiger partial charge is 0.300 e. The van der Waals surface area contributed by atoms with Crippen molar-refractivity contribution in [3.05, 3.63) is 0 Å². The zero-order chi connectivity index (χ0) is 10.6. The monoisotopic (exact) mass is 197 g/mol. The van der Waals surface area contributed by atoms with Crippen LogP contribution in [0, 0.1) is 5.92 Å². The molecule has 0 radical (unpaired) electrons. The SMILES string of the molecule is CC(C)CCC(C)N1CCC(=O)CC1. The quantitative estimate of drug-likeness (QED) is 0.690. The Morgan fingerprint density at radius 3 is 2.21 bits per heavy atom. The van der Waals surface area contributed by atoms with E-state index in [1.807, 2.05) is 0 Å². The maximum absolute atomic E-state index is 11.1. The molecular formula is C12H23NO. The summed E-state index contributed by atoms with van der Waals surface area (Å²) >= 11 is 0. The highest BCUT2D eigenvalue weighted by atomic mass is 16.1. The summed E-state index contributed by atoms with van der Waals surface area (Å²) in [6.07, 6.45) is 4.11. The predicted molar refractivity (Wildman–Crippen MR) is 59.3 cm³/mol. The van der Waals surface area contributed by atoms with Crippen LogP contribution in [-0.2, 0) is 4.79 Å². The molecule has 0 N–H and O–H groups in total. The fourth-order valence-electron chi connectivity index (χ4n) is 1.97. The number of likely N-dealkylation sites (tertiary alicyclic amines) is 1. The summed E-state index contributed by atoms with van der Waals surface area (Å²) < 4.78 is 0. The highest BCUT2D eigenvalue weighted by Gasteiger charge is 2.20. The summed E-state index contributed by atoms with van der Waals surface area (Å²) in [5, 5.41) is 0. The van der Waals surface area contributed by atoms with Crippen LogP contribution < -0.4 is 0 Å². The van der Waals surface area contributed by atoms with Gasteiger partial charge in [0.1, 0.15) is 5.78 Å². The number of nitrogens with zero attached hydrogens (tertiary/aromatic N) is 1. The number of hydrogen-bond acceptors (Lipinski definition) is 2. The summed E-state index contributed by atoms with van der Waals surface area (Å²) in [7, 11) is 0. The summed E-state index contributed by atoms with van der Waals surface area (Å²) in [5.41, 5.74) is 0. The first-order valence-corrected chi connectivity index (χ1v) is 5.85. The van der Waals surface area contributed by atoms with E-state index in [4.69, 9.17) is 0 Å². The van der Waals surface area contributed by atoms with Gasteiger partial charge in [0.25, 0.3) is 0 Å². The first-order chi connectivity index (χ1) is 6.59. The average Bonchev–Trinajstić information content (AvgIpc) is 2.15. The second-order valence-corrected chi connectivity index (χ2v) is 4.89. The van der Waals surface area contributed by atoms with E-state index in [1.165, 1.54) is 12.8 Å². The van der Waals surface area contributed by atoms with E-state index in [2.05, 4.69) is 25.7 Å². The van der Waals surface area contributed by atoms with Crippen LogP contribution in [0.2, 0.25) is 0 Å². The number of carbonyl (C=O) groups excluding carboxylic acids is 1. The molecule has 0 bridgehead atoms. The van der Waals surface area contributed by atoms with E-state index < -0.39 is 0 Å². The smallest absolute Gasteiger partial charge is 0.135 e. The van der Waals surface area contributed by atoms with Gasteiger partial charge in [-0.2, -0.15) is 0 Å². The van der Waals surface area contributed by atoms with Gasteiger partial charge in [0.15, 0.2) is 0 Å². The van der Waals surface area contributed by atoms with Gasteiger partial charge in [-0.1, -0.05) is 13.8 Å². The van der Waals surface area contributed by atoms with Gasteiger partial charge >= 0.3 is 0 Å². The maximum atomic E-state index is 11.1. The minimum absolute atomic E-state index is 0.442. The van der Waals surface area contributed by atoms with Gasteiger partial charge in [0.05, 0.1) is 0 Å². The van der Waals surface area contributed by atoms with Gasteiger partial charge in [-0.3, -0.25) is 9.69 Å². The number of hydrogen-bond donors (Lipinski definition) is 0. The molecule has 0 aromatic carbocycles. The third-order valence-electron chi connectivity index (χ3n) is 3.14. The molecule has 1 saturated heterocycles. The first-order valence-electron chi connectivity index (χ1n) is 5.85. The number of piperidine rings is 1. The summed E-state index contributed by atoms with van der Waals surface area (Å²) in [6.45, 7) is 8.80. The van der Waals surface area contributed by atoms with Crippen molar-refractivity contribution in [2.24, 2.45) is 5.92 Å². The van der Waals surface area contributed by atoms with Crippen LogP contribution in [0.5, 0.6) is 0 Å². The second-order valence-electron chi connectivity index (χ2n) is 4.89. The van der Waals surface area contributed by atoms with Crippen molar-refractivity contribution in [3.8, 4) is 0 Å². The van der Waals surface area contributed by atoms with E-state index in [-0.39, 0.29) is 0 Å². The van der Waals surface area contributed by atoms with Crippen molar-refractivity contribution >= 4 is 5.78 Å². The van der Waals surface area contributed by atoms with Gasteiger partial charge in [0, 0.05) is 32.0 Å². The molecule has 0 amide bonds. The minimum atomic E-state index is 0.442. The van der Waals surface area contributed by atoms with Crippen molar-refractivity contribution in [3.63, 3.8) is 0 Å². The lowest BCUT2D eigenvalue weighted by molar-refractivity contribution is -0.121. The molecule has 1 aliphatic rings. The standard InChI is InChI=1S/C12H23NO/c1-10(2)4-5-11(3)13-8-6-12(14)7-9-13/h10-11H,4-9H2,1-3H3. The highest BCUT2D eigenvalue weighted by molar-refractivity contribution is 5.79. The number of ketones is 1. The zero-order valence-corrected chi connectivity index (χ0v) is 9.75. The number of carbonyl (C=O) groups is 1. The maximum Gasteiger partial charge on any atom is 0.135 e. The van der Waals surface area contributed by atoms with Gasteiger partial charge in [0.2, 0.25) is 0 Å². The fourth-order valence-corrected chi connectivity index (χ4v) is 1.97. The molecular weight excluding hydrogens is 174 g/mol. The topological polar surface area (TPSA) is 20.3 Å². The molecule has 2 nitrogen and oxygen atoms in total. The molecule has 1 unspecified atom stereocenters. The molecule has 1 aliphatic heterocycles. The normalized spacial score (nSPS) is 21.6. The molecule has 2 heteroatoms. The molecule has 1 atom stereocenters. The Kier molecular flexibility index (Phi) is 4.59. The van der Waals surface area contributed by atoms with Crippen molar-refractivity contribution in [1.82, 2.24) is 4.90 Å². The molecule has 1 fully saturated rings. The second kappa shape index (κ2) is 5.50. The Hall–Kier alpha value is -0.370. The predicted octanol–water partition coefficient (Wildman–Crippen LogP) is 2.48. The van der Waals surface area contributed by atoms with Gasteiger partial charge in [-0.05, 0) is 25.7 Å². The van der Waals surface area contributed by atoms with E-state index in [0.717, 1.165) is 31.8 Å². The van der Waals surface area contributed by atoms with Crippen LogP contribution in [0.4, 0.5) is 0 Å². The van der Waals surface area contributed by atoms with Crippen molar-refractivity contribution in [1.29, 1.82) is 0 Å². The Balaban J connectivity index is 2.23. The van der Waals surface area contributed by atoms with Crippen molar-refractivity contribution in [2.45, 2.75) is 52.5 Å². The third kappa shape index (κ3) is 3.79. The summed E-state index contributed by atoms with van der Waals surface area (Å²) in [4.78, 5) is 13.5. The Morgan fingerprint density at radius 2 is 1.71 bits per heavy atom. The molecule has 1 heterocycles. The Morgan fingerprint density at radius 1 is 1.14 bits per heavy atom. The zero-order valence-electron chi connectivity index (χ0n) is 9.75. The number of rotatable bonds is 4. The molecule has 1 rings (SSSR count). The van der Waals surface area contributed by atoms with Crippen LogP contribution in [0.15, 0.2) is 0 Å². The van der Waals surface area contributed by atoms with Gasteiger partial charge in [-0.15, -0.1) is 0 Å². The lowest BCUT2D eigenvalue weighted by Gasteiger charge is -2.32. The van der Waals surface area contributed by atoms with E-state index in [9.17, 15) is 4.79 Å². The third-order valence-corrected chi connectivity index (χ3v) is 3.14. The Labute approximate surface area is 87.7 Å². The molecule has 82 valence electrons. The lowest BCUT2D eigenvalue weighted by atomic mass is 10.0. The van der Waals surface area contributed by atoms with Gasteiger partial charge < -0.3 is 0 Å². The summed E-state index contributed by atoms with van der Waals surface area (Å²) in [5.74, 6) is 1.24. The fraction of sp³-hybridized carbons (Fsp3) is 0.917. The molecule has 0 aromatic heterocycles. The molecule has 0 saturated carbocycles. The molecule has 14 heavy (non-hydrogen) atoms. The molecule has 0 spiro atoms. The Bertz CT molecular complexity index is 179.